The Bertz CT molecular complexity index is 524. The first kappa shape index (κ1) is 10.5. The highest BCUT2D eigenvalue weighted by atomic mass is 16.5. The minimum Gasteiger partial charge on any atom is -0.488 e. The summed E-state index contributed by atoms with van der Waals surface area (Å²) in [6.45, 7) is 0. The molecule has 3 rings (SSSR count). The van der Waals surface area contributed by atoms with E-state index in [4.69, 9.17) is 10.5 Å². The second-order valence-electron chi connectivity index (χ2n) is 4.54. The van der Waals surface area contributed by atoms with Crippen molar-refractivity contribution >= 4 is 10.9 Å². The molecule has 1 aromatic heterocycles. The predicted molar refractivity (Wildman–Crippen MR) is 65.8 cm³/mol. The highest BCUT2D eigenvalue weighted by Gasteiger charge is 2.23. The number of hydrogen-bond acceptors (Lipinski definition) is 4. The lowest BCUT2D eigenvalue weighted by atomic mass is 10.2. The van der Waals surface area contributed by atoms with E-state index in [0.29, 0.717) is 0 Å². The third kappa shape index (κ3) is 2.08. The fourth-order valence-corrected chi connectivity index (χ4v) is 2.34. The molecule has 2 unspecified atom stereocenters. The molecule has 2 N–H and O–H groups in total. The summed E-state index contributed by atoms with van der Waals surface area (Å²) in [5, 5.41) is 9.06. The first-order valence-electron chi connectivity index (χ1n) is 5.95. The zero-order valence-corrected chi connectivity index (χ0v) is 9.54. The van der Waals surface area contributed by atoms with Gasteiger partial charge in [-0.1, -0.05) is 12.1 Å². The normalized spacial score (nSPS) is 24.1. The monoisotopic (exact) mass is 229 g/mol. The van der Waals surface area contributed by atoms with Crippen LogP contribution in [-0.4, -0.2) is 22.3 Å². The first-order valence-corrected chi connectivity index (χ1v) is 5.95. The number of rotatable bonds is 2. The Kier molecular flexibility index (Phi) is 2.65. The Morgan fingerprint density at radius 2 is 2.12 bits per heavy atom. The summed E-state index contributed by atoms with van der Waals surface area (Å²) in [4.78, 5) is 0. The Hall–Kier alpha value is -1.68. The lowest BCUT2D eigenvalue weighted by Gasteiger charge is -2.14. The standard InChI is InChI=1S/C13H15N3O/c14-9-5-6-10(7-9)17-13-8-15-16-12-4-2-1-3-11(12)13/h1-4,8-10H,5-7,14H2. The number of ether oxygens (including phenoxy) is 1. The van der Waals surface area contributed by atoms with Crippen LogP contribution in [0.4, 0.5) is 0 Å². The zero-order chi connectivity index (χ0) is 11.7. The summed E-state index contributed by atoms with van der Waals surface area (Å²) < 4.78 is 5.98. The van der Waals surface area contributed by atoms with Crippen molar-refractivity contribution in [1.82, 2.24) is 10.2 Å². The molecular formula is C13H15N3O. The molecular weight excluding hydrogens is 214 g/mol. The average molecular weight is 229 g/mol. The molecule has 0 radical (unpaired) electrons. The lowest BCUT2D eigenvalue weighted by Crippen LogP contribution is -2.19. The van der Waals surface area contributed by atoms with E-state index in [9.17, 15) is 0 Å². The van der Waals surface area contributed by atoms with Crippen LogP contribution in [0.15, 0.2) is 30.5 Å². The molecule has 1 aromatic carbocycles. The van der Waals surface area contributed by atoms with E-state index in [2.05, 4.69) is 10.2 Å². The van der Waals surface area contributed by atoms with Crippen LogP contribution in [0, 0.1) is 0 Å². The molecule has 4 nitrogen and oxygen atoms in total. The molecule has 0 amide bonds. The molecule has 4 heteroatoms. The van der Waals surface area contributed by atoms with Crippen molar-refractivity contribution in [3.05, 3.63) is 30.5 Å². The molecule has 1 fully saturated rings. The molecule has 1 aliphatic carbocycles. The number of benzene rings is 1. The number of nitrogens with two attached hydrogens (primary N) is 1. The summed E-state index contributed by atoms with van der Waals surface area (Å²) >= 11 is 0. The third-order valence-electron chi connectivity index (χ3n) is 3.23. The average Bonchev–Trinajstić information content (AvgIpc) is 2.75. The predicted octanol–water partition coefficient (Wildman–Crippen LogP) is 1.89. The Balaban J connectivity index is 1.90. The first-order chi connectivity index (χ1) is 8.33. The van der Waals surface area contributed by atoms with Crippen LogP contribution in [0.3, 0.4) is 0 Å². The van der Waals surface area contributed by atoms with Gasteiger partial charge in [-0.15, -0.1) is 0 Å². The third-order valence-corrected chi connectivity index (χ3v) is 3.23. The minimum absolute atomic E-state index is 0.220. The molecule has 1 saturated carbocycles. The minimum atomic E-state index is 0.220. The zero-order valence-electron chi connectivity index (χ0n) is 9.54. The van der Waals surface area contributed by atoms with Crippen molar-refractivity contribution in [2.45, 2.75) is 31.4 Å². The van der Waals surface area contributed by atoms with Gasteiger partial charge >= 0.3 is 0 Å². The van der Waals surface area contributed by atoms with Crippen molar-refractivity contribution in [1.29, 1.82) is 0 Å². The summed E-state index contributed by atoms with van der Waals surface area (Å²) in [5.41, 5.74) is 6.75. The number of fused-ring (bicyclic) bond motifs is 1. The van der Waals surface area contributed by atoms with E-state index in [0.717, 1.165) is 35.9 Å². The van der Waals surface area contributed by atoms with E-state index in [1.54, 1.807) is 6.20 Å². The second-order valence-corrected chi connectivity index (χ2v) is 4.54. The smallest absolute Gasteiger partial charge is 0.149 e. The van der Waals surface area contributed by atoms with Gasteiger partial charge in [-0.2, -0.15) is 10.2 Å². The van der Waals surface area contributed by atoms with Gasteiger partial charge in [0.1, 0.15) is 11.9 Å². The fraction of sp³-hybridized carbons (Fsp3) is 0.385. The topological polar surface area (TPSA) is 61.0 Å². The van der Waals surface area contributed by atoms with E-state index in [1.165, 1.54) is 0 Å². The highest BCUT2D eigenvalue weighted by Crippen LogP contribution is 2.27. The van der Waals surface area contributed by atoms with Gasteiger partial charge in [-0.3, -0.25) is 0 Å². The van der Waals surface area contributed by atoms with E-state index >= 15 is 0 Å². The maximum atomic E-state index is 5.98. The van der Waals surface area contributed by atoms with Crippen molar-refractivity contribution in [3.8, 4) is 5.75 Å². The van der Waals surface area contributed by atoms with Gasteiger partial charge in [0.25, 0.3) is 0 Å². The maximum absolute atomic E-state index is 5.98. The van der Waals surface area contributed by atoms with Crippen LogP contribution in [0.25, 0.3) is 10.9 Å². The van der Waals surface area contributed by atoms with E-state index in [1.807, 2.05) is 24.3 Å². The van der Waals surface area contributed by atoms with Crippen LogP contribution in [0.1, 0.15) is 19.3 Å². The van der Waals surface area contributed by atoms with Gasteiger partial charge < -0.3 is 10.5 Å². The van der Waals surface area contributed by atoms with Crippen molar-refractivity contribution in [2.75, 3.05) is 0 Å². The van der Waals surface area contributed by atoms with Gasteiger partial charge in [-0.05, 0) is 31.4 Å². The number of aromatic nitrogens is 2. The molecule has 1 aliphatic rings. The molecule has 2 aromatic rings. The van der Waals surface area contributed by atoms with Crippen LogP contribution in [-0.2, 0) is 0 Å². The van der Waals surface area contributed by atoms with E-state index in [-0.39, 0.29) is 12.1 Å². The van der Waals surface area contributed by atoms with Gasteiger partial charge in [0.2, 0.25) is 0 Å². The van der Waals surface area contributed by atoms with Crippen molar-refractivity contribution in [3.63, 3.8) is 0 Å². The lowest BCUT2D eigenvalue weighted by molar-refractivity contribution is 0.210. The number of hydrogen-bond donors (Lipinski definition) is 1. The summed E-state index contributed by atoms with van der Waals surface area (Å²) in [6.07, 6.45) is 4.90. The largest absolute Gasteiger partial charge is 0.488 e. The Morgan fingerprint density at radius 3 is 2.94 bits per heavy atom. The van der Waals surface area contributed by atoms with Crippen LogP contribution >= 0.6 is 0 Å². The SMILES string of the molecule is NC1CCC(Oc2cnnc3ccccc23)C1. The molecule has 0 bridgehead atoms. The Labute approximate surface area is 99.8 Å². The van der Waals surface area contributed by atoms with Gasteiger partial charge in [0.05, 0.1) is 11.7 Å². The molecule has 0 saturated heterocycles. The van der Waals surface area contributed by atoms with Crippen molar-refractivity contribution in [2.24, 2.45) is 5.73 Å². The van der Waals surface area contributed by atoms with Gasteiger partial charge in [0, 0.05) is 11.4 Å². The quantitative estimate of drug-likeness (QED) is 0.854. The molecule has 1 heterocycles. The molecule has 0 spiro atoms. The summed E-state index contributed by atoms with van der Waals surface area (Å²) in [6, 6.07) is 8.16. The molecule has 17 heavy (non-hydrogen) atoms. The van der Waals surface area contributed by atoms with Crippen LogP contribution in [0.5, 0.6) is 5.75 Å². The molecule has 88 valence electrons. The second kappa shape index (κ2) is 4.30. The van der Waals surface area contributed by atoms with Crippen LogP contribution in [0.2, 0.25) is 0 Å². The van der Waals surface area contributed by atoms with Crippen LogP contribution < -0.4 is 10.5 Å². The molecule has 2 atom stereocenters. The van der Waals surface area contributed by atoms with Gasteiger partial charge in [-0.25, -0.2) is 0 Å². The summed E-state index contributed by atoms with van der Waals surface area (Å²) in [5.74, 6) is 0.815. The van der Waals surface area contributed by atoms with Gasteiger partial charge in [0.15, 0.2) is 0 Å². The highest BCUT2D eigenvalue weighted by molar-refractivity contribution is 5.83. The Morgan fingerprint density at radius 1 is 1.24 bits per heavy atom. The molecule has 0 aliphatic heterocycles. The number of nitrogens with zero attached hydrogens (tertiary/aromatic N) is 2. The maximum Gasteiger partial charge on any atom is 0.149 e. The van der Waals surface area contributed by atoms with E-state index < -0.39 is 0 Å². The van der Waals surface area contributed by atoms with Crippen molar-refractivity contribution < 1.29 is 4.74 Å². The fourth-order valence-electron chi connectivity index (χ4n) is 2.34. The summed E-state index contributed by atoms with van der Waals surface area (Å²) in [7, 11) is 0.